The van der Waals surface area contributed by atoms with Crippen molar-refractivity contribution >= 4 is 27.4 Å². The van der Waals surface area contributed by atoms with Crippen LogP contribution in [0.3, 0.4) is 0 Å². The summed E-state index contributed by atoms with van der Waals surface area (Å²) in [6.07, 6.45) is 1.92. The van der Waals surface area contributed by atoms with Gasteiger partial charge in [0.1, 0.15) is 0 Å². The van der Waals surface area contributed by atoms with Crippen molar-refractivity contribution in [2.24, 2.45) is 5.41 Å². The van der Waals surface area contributed by atoms with Gasteiger partial charge in [0.15, 0.2) is 14.6 Å². The normalized spacial score (nSPS) is 19.8. The third-order valence-electron chi connectivity index (χ3n) is 4.85. The van der Waals surface area contributed by atoms with Crippen molar-refractivity contribution in [1.29, 1.82) is 0 Å². The van der Waals surface area contributed by atoms with E-state index in [0.29, 0.717) is 5.02 Å². The van der Waals surface area contributed by atoms with E-state index in [2.05, 4.69) is 0 Å². The third-order valence-corrected chi connectivity index (χ3v) is 7.49. The highest BCUT2D eigenvalue weighted by atomic mass is 35.5. The predicted octanol–water partition coefficient (Wildman–Crippen LogP) is 3.54. The van der Waals surface area contributed by atoms with Gasteiger partial charge in [-0.25, -0.2) is 8.42 Å². The van der Waals surface area contributed by atoms with E-state index in [4.69, 9.17) is 11.6 Å². The average molecular weight is 331 g/mol. The predicted molar refractivity (Wildman–Crippen MR) is 81.3 cm³/mol. The molecule has 6 heteroatoms. The highest BCUT2D eigenvalue weighted by Crippen LogP contribution is 2.58. The van der Waals surface area contributed by atoms with Crippen LogP contribution in [0.1, 0.15) is 39.5 Å². The number of sulfone groups is 1. The molecule has 0 saturated heterocycles. The second-order valence-corrected chi connectivity index (χ2v) is 8.51. The molecule has 0 aromatic heterocycles. The molecule has 1 N–H and O–H groups in total. The van der Waals surface area contributed by atoms with Gasteiger partial charge in [-0.3, -0.25) is 4.79 Å². The van der Waals surface area contributed by atoms with Gasteiger partial charge >= 0.3 is 5.97 Å². The average Bonchev–Trinajstić information content (AvgIpc) is 2.39. The van der Waals surface area contributed by atoms with E-state index in [9.17, 15) is 18.3 Å². The Bertz CT molecular complexity index is 637. The van der Waals surface area contributed by atoms with Gasteiger partial charge in [0.2, 0.25) is 0 Å². The van der Waals surface area contributed by atoms with Crippen LogP contribution >= 0.6 is 11.6 Å². The van der Waals surface area contributed by atoms with E-state index in [1.54, 1.807) is 0 Å². The molecule has 0 radical (unpaired) electrons. The summed E-state index contributed by atoms with van der Waals surface area (Å²) < 4.78 is 23.9. The Hall–Kier alpha value is -1.07. The zero-order chi connectivity index (χ0) is 15.9. The summed E-state index contributed by atoms with van der Waals surface area (Å²) in [5.74, 6) is -1.25. The van der Waals surface area contributed by atoms with Gasteiger partial charge in [-0.1, -0.05) is 38.3 Å². The van der Waals surface area contributed by atoms with Crippen molar-refractivity contribution < 1.29 is 18.3 Å². The minimum absolute atomic E-state index is 0.0232. The molecule has 21 heavy (non-hydrogen) atoms. The van der Waals surface area contributed by atoms with E-state index < -0.39 is 20.6 Å². The first-order valence-corrected chi connectivity index (χ1v) is 8.83. The van der Waals surface area contributed by atoms with Gasteiger partial charge in [0.05, 0.1) is 4.90 Å². The lowest BCUT2D eigenvalue weighted by Gasteiger charge is -2.52. The fourth-order valence-electron chi connectivity index (χ4n) is 3.21. The van der Waals surface area contributed by atoms with Crippen LogP contribution in [0.5, 0.6) is 0 Å². The topological polar surface area (TPSA) is 71.4 Å². The van der Waals surface area contributed by atoms with E-state index in [1.165, 1.54) is 24.3 Å². The lowest BCUT2D eigenvalue weighted by Crippen LogP contribution is -2.61. The number of carbonyl (C=O) groups is 1. The summed E-state index contributed by atoms with van der Waals surface area (Å²) in [7, 11) is -3.93. The number of carboxylic acid groups (broad SMARTS) is 1. The minimum Gasteiger partial charge on any atom is -0.480 e. The van der Waals surface area contributed by atoms with Crippen molar-refractivity contribution in [3.63, 3.8) is 0 Å². The number of hydrogen-bond acceptors (Lipinski definition) is 3. The maximum atomic E-state index is 12.8. The first-order chi connectivity index (χ1) is 9.73. The largest absolute Gasteiger partial charge is 0.480 e. The Balaban J connectivity index is 2.45. The highest BCUT2D eigenvalue weighted by molar-refractivity contribution is 7.93. The molecule has 0 aliphatic heterocycles. The summed E-state index contributed by atoms with van der Waals surface area (Å²) in [5.41, 5.74) is -0.183. The molecule has 0 atom stereocenters. The molecular formula is C15H19ClO4S. The van der Waals surface area contributed by atoms with Crippen molar-refractivity contribution in [2.45, 2.75) is 49.2 Å². The smallest absolute Gasteiger partial charge is 0.325 e. The lowest BCUT2D eigenvalue weighted by molar-refractivity contribution is -0.147. The van der Waals surface area contributed by atoms with Gasteiger partial charge in [-0.2, -0.15) is 0 Å². The number of hydrogen-bond donors (Lipinski definition) is 1. The number of benzene rings is 1. The summed E-state index contributed by atoms with van der Waals surface area (Å²) in [5, 5.41) is 9.97. The summed E-state index contributed by atoms with van der Waals surface area (Å²) in [6, 6.07) is 5.69. The number of carboxylic acids is 1. The van der Waals surface area contributed by atoms with Gasteiger partial charge in [-0.05, 0) is 42.5 Å². The van der Waals surface area contributed by atoms with Crippen molar-refractivity contribution in [1.82, 2.24) is 0 Å². The molecule has 0 bridgehead atoms. The monoisotopic (exact) mass is 330 g/mol. The van der Waals surface area contributed by atoms with Gasteiger partial charge in [-0.15, -0.1) is 0 Å². The zero-order valence-electron chi connectivity index (χ0n) is 12.1. The van der Waals surface area contributed by atoms with E-state index >= 15 is 0 Å². The Morgan fingerprint density at radius 2 is 1.67 bits per heavy atom. The van der Waals surface area contributed by atoms with Crippen LogP contribution in [0.15, 0.2) is 29.2 Å². The quantitative estimate of drug-likeness (QED) is 0.896. The molecule has 1 aliphatic carbocycles. The molecule has 0 spiro atoms. The second kappa shape index (κ2) is 5.29. The Kier molecular flexibility index (Phi) is 4.10. The van der Waals surface area contributed by atoms with Crippen LogP contribution in [0.2, 0.25) is 5.02 Å². The van der Waals surface area contributed by atoms with Crippen LogP contribution in [-0.2, 0) is 14.6 Å². The SMILES string of the molecule is CCC1(CC)CC(C(=O)O)(S(=O)(=O)c2ccc(Cl)cc2)C1. The second-order valence-electron chi connectivity index (χ2n) is 5.82. The van der Waals surface area contributed by atoms with Gasteiger partial charge in [0, 0.05) is 5.02 Å². The maximum absolute atomic E-state index is 12.8. The first-order valence-electron chi connectivity index (χ1n) is 6.97. The van der Waals surface area contributed by atoms with Crippen LogP contribution in [-0.4, -0.2) is 24.2 Å². The maximum Gasteiger partial charge on any atom is 0.325 e. The van der Waals surface area contributed by atoms with E-state index in [0.717, 1.165) is 12.8 Å². The molecule has 4 nitrogen and oxygen atoms in total. The number of aliphatic carboxylic acids is 1. The van der Waals surface area contributed by atoms with Crippen LogP contribution in [0, 0.1) is 5.41 Å². The molecule has 1 aromatic carbocycles. The molecular weight excluding hydrogens is 312 g/mol. The fraction of sp³-hybridized carbons (Fsp3) is 0.533. The van der Waals surface area contributed by atoms with Gasteiger partial charge < -0.3 is 5.11 Å². The Morgan fingerprint density at radius 3 is 2.05 bits per heavy atom. The number of halogens is 1. The molecule has 1 aliphatic rings. The first kappa shape index (κ1) is 16.3. The molecule has 116 valence electrons. The highest BCUT2D eigenvalue weighted by Gasteiger charge is 2.65. The standard InChI is InChI=1S/C15H19ClO4S/c1-3-14(4-2)9-15(10-14,13(17)18)21(19,20)12-7-5-11(16)6-8-12/h5-8H,3-4,9-10H2,1-2H3,(H,17,18). The summed E-state index contributed by atoms with van der Waals surface area (Å²) >= 11 is 5.77. The van der Waals surface area contributed by atoms with Crippen molar-refractivity contribution in [2.75, 3.05) is 0 Å². The van der Waals surface area contributed by atoms with E-state index in [1.807, 2.05) is 13.8 Å². The molecule has 0 amide bonds. The number of rotatable bonds is 5. The van der Waals surface area contributed by atoms with E-state index in [-0.39, 0.29) is 23.2 Å². The molecule has 1 aromatic rings. The molecule has 2 rings (SSSR count). The molecule has 1 saturated carbocycles. The molecule has 0 unspecified atom stereocenters. The zero-order valence-corrected chi connectivity index (χ0v) is 13.7. The lowest BCUT2D eigenvalue weighted by atomic mass is 9.58. The minimum atomic E-state index is -3.93. The van der Waals surface area contributed by atoms with Crippen molar-refractivity contribution in [3.05, 3.63) is 29.3 Å². The fourth-order valence-corrected chi connectivity index (χ4v) is 5.50. The Morgan fingerprint density at radius 1 is 1.19 bits per heavy atom. The van der Waals surface area contributed by atoms with Gasteiger partial charge in [0.25, 0.3) is 0 Å². The van der Waals surface area contributed by atoms with Crippen LogP contribution in [0.25, 0.3) is 0 Å². The Labute approximate surface area is 130 Å². The molecule has 1 fully saturated rings. The molecule has 0 heterocycles. The van der Waals surface area contributed by atoms with Crippen LogP contribution in [0.4, 0.5) is 0 Å². The summed E-state index contributed by atoms with van der Waals surface area (Å²) in [4.78, 5) is 11.7. The van der Waals surface area contributed by atoms with Crippen molar-refractivity contribution in [3.8, 4) is 0 Å². The summed E-state index contributed by atoms with van der Waals surface area (Å²) in [6.45, 7) is 3.95. The third kappa shape index (κ3) is 2.36. The van der Waals surface area contributed by atoms with Crippen LogP contribution < -0.4 is 0 Å².